The highest BCUT2D eigenvalue weighted by Crippen LogP contribution is 2.39. The summed E-state index contributed by atoms with van der Waals surface area (Å²) in [5.41, 5.74) is 3.73. The summed E-state index contributed by atoms with van der Waals surface area (Å²) in [5.74, 6) is 0. The molecule has 2 aliphatic carbocycles. The Hall–Kier alpha value is -1.89. The number of urea groups is 1. The number of nitrogens with one attached hydrogen (secondary N) is 1. The van der Waals surface area contributed by atoms with E-state index in [-0.39, 0.29) is 14.9 Å². The van der Waals surface area contributed by atoms with Crippen molar-refractivity contribution in [2.24, 2.45) is 9.50 Å². The van der Waals surface area contributed by atoms with Gasteiger partial charge in [-0.1, -0.05) is 6.07 Å². The Kier molecular flexibility index (Phi) is 5.92. The fourth-order valence-corrected chi connectivity index (χ4v) is 6.72. The van der Waals surface area contributed by atoms with Crippen LogP contribution in [0, 0.1) is 0 Å². The molecule has 0 radical (unpaired) electrons. The monoisotopic (exact) mass is 466 g/mol. The van der Waals surface area contributed by atoms with Gasteiger partial charge in [0, 0.05) is 5.69 Å². The lowest BCUT2D eigenvalue weighted by Crippen LogP contribution is -2.25. The first-order valence-electron chi connectivity index (χ1n) is 10.1. The maximum absolute atomic E-state index is 13.1. The van der Waals surface area contributed by atoms with Crippen molar-refractivity contribution in [3.63, 3.8) is 0 Å². The van der Waals surface area contributed by atoms with E-state index in [1.54, 1.807) is 0 Å². The predicted octanol–water partition coefficient (Wildman–Crippen LogP) is 1.75. The van der Waals surface area contributed by atoms with Crippen molar-refractivity contribution in [1.29, 1.82) is 0 Å². The van der Waals surface area contributed by atoms with Crippen LogP contribution >= 0.6 is 11.3 Å². The molecule has 168 valence electrons. The molecule has 31 heavy (non-hydrogen) atoms. The highest BCUT2D eigenvalue weighted by Gasteiger charge is 2.31. The lowest BCUT2D eigenvalue weighted by atomic mass is 9.99. The second-order valence-electron chi connectivity index (χ2n) is 8.17. The second-order valence-corrected chi connectivity index (χ2v) is 11.2. The Balaban J connectivity index is 1.69. The van der Waals surface area contributed by atoms with Gasteiger partial charge in [-0.3, -0.25) is 0 Å². The molecule has 0 fully saturated rings. The van der Waals surface area contributed by atoms with E-state index in [0.29, 0.717) is 0 Å². The number of rotatable bonds is 5. The molecule has 1 aromatic carbocycles. The molecular weight excluding hydrogens is 440 g/mol. The molecule has 4 rings (SSSR count). The van der Waals surface area contributed by atoms with Gasteiger partial charge in [0.15, 0.2) is 9.92 Å². The summed E-state index contributed by atoms with van der Waals surface area (Å²) >= 11 is 0.756. The molecule has 0 bridgehead atoms. The first kappa shape index (κ1) is 22.3. The highest BCUT2D eigenvalue weighted by molar-refractivity contribution is 7.93. The quantitative estimate of drug-likeness (QED) is 0.451. The number of carbonyl (C=O) groups is 1. The number of amides is 2. The van der Waals surface area contributed by atoms with Gasteiger partial charge in [0.1, 0.15) is 14.8 Å². The van der Waals surface area contributed by atoms with Gasteiger partial charge in [-0.25, -0.2) is 19.1 Å². The summed E-state index contributed by atoms with van der Waals surface area (Å²) < 4.78 is 16.8. The number of thiazole rings is 1. The zero-order chi connectivity index (χ0) is 22.4. The lowest BCUT2D eigenvalue weighted by molar-refractivity contribution is -0.00264. The van der Waals surface area contributed by atoms with E-state index in [9.17, 15) is 24.3 Å². The molecule has 0 spiro atoms. The number of hydrogen-bond donors (Lipinski definition) is 5. The lowest BCUT2D eigenvalue weighted by Gasteiger charge is -2.16. The Labute approximate surface area is 184 Å². The molecule has 2 atom stereocenters. The van der Waals surface area contributed by atoms with Crippen LogP contribution in [0.3, 0.4) is 0 Å². The van der Waals surface area contributed by atoms with Crippen molar-refractivity contribution in [3.05, 3.63) is 39.0 Å². The van der Waals surface area contributed by atoms with Crippen molar-refractivity contribution >= 4 is 33.0 Å². The Morgan fingerprint density at radius 3 is 2.42 bits per heavy atom. The normalized spacial score (nSPS) is 18.7. The Morgan fingerprint density at radius 2 is 1.87 bits per heavy atom. The minimum Gasteiger partial charge on any atom is -0.393 e. The number of aryl methyl sites for hydroxylation is 2. The summed E-state index contributed by atoms with van der Waals surface area (Å²) in [6.45, 7) is 0.103. The third-order valence-corrected chi connectivity index (χ3v) is 9.08. The number of fused-ring (bicyclic) bond motifs is 2. The number of carbonyl (C=O) groups excluding carboxylic acids is 1. The average Bonchev–Trinajstić information content (AvgIpc) is 3.45. The molecule has 2 aliphatic rings. The minimum absolute atomic E-state index is 0.0292. The molecule has 1 unspecified atom stereocenters. The van der Waals surface area contributed by atoms with Crippen molar-refractivity contribution in [2.45, 2.75) is 61.9 Å². The van der Waals surface area contributed by atoms with Gasteiger partial charge < -0.3 is 20.6 Å². The van der Waals surface area contributed by atoms with Crippen LogP contribution in [0.15, 0.2) is 14.6 Å². The van der Waals surface area contributed by atoms with E-state index < -0.39 is 34.8 Å². The van der Waals surface area contributed by atoms with Crippen LogP contribution in [0.25, 0.3) is 0 Å². The van der Waals surface area contributed by atoms with Crippen LogP contribution in [0.4, 0.5) is 10.5 Å². The van der Waals surface area contributed by atoms with E-state index in [1.807, 2.05) is 0 Å². The number of aliphatic hydroxyl groups excluding tert-OH is 2. The maximum atomic E-state index is 13.1. The fraction of sp³-hybridized carbons (Fsp3) is 0.500. The van der Waals surface area contributed by atoms with Crippen LogP contribution < -0.4 is 10.5 Å². The van der Waals surface area contributed by atoms with Crippen molar-refractivity contribution in [3.8, 4) is 0 Å². The van der Waals surface area contributed by atoms with Crippen molar-refractivity contribution < 1.29 is 24.3 Å². The zero-order valence-electron chi connectivity index (χ0n) is 17.2. The highest BCUT2D eigenvalue weighted by atomic mass is 32.2. The van der Waals surface area contributed by atoms with Crippen LogP contribution in [-0.2, 0) is 47.8 Å². The van der Waals surface area contributed by atoms with Gasteiger partial charge in [0.2, 0.25) is 0 Å². The Bertz CT molecular complexity index is 1130. The molecule has 6 N–H and O–H groups in total. The van der Waals surface area contributed by atoms with E-state index in [0.717, 1.165) is 66.7 Å². The summed E-state index contributed by atoms with van der Waals surface area (Å²) in [6, 6.07) is 1.41. The minimum atomic E-state index is -3.73. The van der Waals surface area contributed by atoms with Crippen LogP contribution in [0.1, 0.15) is 52.7 Å². The largest absolute Gasteiger partial charge is 0.393 e. The number of anilines is 1. The van der Waals surface area contributed by atoms with Crippen LogP contribution in [0.2, 0.25) is 0 Å². The molecule has 2 amide bonds. The molecule has 0 aliphatic heterocycles. The predicted molar refractivity (Wildman–Crippen MR) is 117 cm³/mol. The molecule has 0 saturated carbocycles. The number of nitrogens with two attached hydrogens (primary N) is 1. The Morgan fingerprint density at radius 1 is 1.26 bits per heavy atom. The summed E-state index contributed by atoms with van der Waals surface area (Å²) in [6.07, 6.45) is 5.76. The first-order valence-corrected chi connectivity index (χ1v) is 12.5. The first-order chi connectivity index (χ1) is 14.7. The van der Waals surface area contributed by atoms with E-state index in [1.165, 1.54) is 18.1 Å². The standard InChI is InChI=1S/C20H26N4O5S2/c1-20(28,10-26)18-22-15(9-25)17(30-18)31(21,29)24-19(27)23-16-13-6-2-4-11(13)8-12-5-3-7-14(12)16/h8,25-26,28H,2-7,9-10H2,1H3,(H3,21,23,24,27,29)/t20-,31?/m1/s1. The molecule has 9 nitrogen and oxygen atoms in total. The molecular formula is C20H26N4O5S2. The van der Waals surface area contributed by atoms with Crippen molar-refractivity contribution in [1.82, 2.24) is 4.98 Å². The molecule has 1 heterocycles. The van der Waals surface area contributed by atoms with Gasteiger partial charge in [-0.15, -0.1) is 15.7 Å². The smallest absolute Gasteiger partial charge is 0.354 e. The third-order valence-electron chi connectivity index (χ3n) is 5.77. The number of benzene rings is 1. The van der Waals surface area contributed by atoms with E-state index in [4.69, 9.17) is 5.14 Å². The SMILES string of the molecule is C[C@@](O)(CO)c1nc(CO)c(S(N)(=O)=NC(=O)Nc2c3c(cc4c2CCC4)CCC3)s1. The van der Waals surface area contributed by atoms with Crippen molar-refractivity contribution in [2.75, 3.05) is 11.9 Å². The summed E-state index contributed by atoms with van der Waals surface area (Å²) in [7, 11) is -3.73. The fourth-order valence-electron chi connectivity index (χ4n) is 4.23. The van der Waals surface area contributed by atoms with Gasteiger partial charge in [-0.2, -0.15) is 0 Å². The molecule has 11 heteroatoms. The average molecular weight is 467 g/mol. The van der Waals surface area contributed by atoms with Crippen LogP contribution in [0.5, 0.6) is 0 Å². The van der Waals surface area contributed by atoms with E-state index in [2.05, 4.69) is 20.7 Å². The zero-order valence-corrected chi connectivity index (χ0v) is 18.8. The second kappa shape index (κ2) is 8.23. The number of hydrogen-bond acceptors (Lipinski definition) is 7. The maximum Gasteiger partial charge on any atom is 0.354 e. The number of nitrogens with zero attached hydrogens (tertiary/aromatic N) is 2. The van der Waals surface area contributed by atoms with Gasteiger partial charge >= 0.3 is 6.03 Å². The van der Waals surface area contributed by atoms with Crippen LogP contribution in [-0.4, -0.2) is 37.2 Å². The number of aromatic nitrogens is 1. The molecule has 0 saturated heterocycles. The van der Waals surface area contributed by atoms with E-state index >= 15 is 0 Å². The topological polar surface area (TPSA) is 158 Å². The molecule has 1 aromatic heterocycles. The van der Waals surface area contributed by atoms with Gasteiger partial charge in [0.25, 0.3) is 0 Å². The third kappa shape index (κ3) is 4.13. The van der Waals surface area contributed by atoms with Gasteiger partial charge in [-0.05, 0) is 67.7 Å². The number of aliphatic hydroxyl groups is 3. The molecule has 2 aromatic rings. The summed E-state index contributed by atoms with van der Waals surface area (Å²) in [5, 5.41) is 37.9. The summed E-state index contributed by atoms with van der Waals surface area (Å²) in [4.78, 5) is 16.8. The van der Waals surface area contributed by atoms with Gasteiger partial charge in [0.05, 0.1) is 18.9 Å².